The average Bonchev–Trinajstić information content (AvgIpc) is 3.27. The molecule has 0 radical (unpaired) electrons. The summed E-state index contributed by atoms with van der Waals surface area (Å²) < 4.78 is 0. The molecule has 0 atom stereocenters. The summed E-state index contributed by atoms with van der Waals surface area (Å²) in [5, 5.41) is 3.46. The lowest BCUT2D eigenvalue weighted by Gasteiger charge is -2.14. The van der Waals surface area contributed by atoms with Crippen LogP contribution in [-0.2, 0) is 4.79 Å². The van der Waals surface area contributed by atoms with Crippen molar-refractivity contribution in [2.45, 2.75) is 31.2 Å². The van der Waals surface area contributed by atoms with Gasteiger partial charge in [-0.25, -0.2) is 4.98 Å². The Morgan fingerprint density at radius 1 is 1.04 bits per heavy atom. The number of hydrogen-bond donors (Lipinski definition) is 1. The molecule has 146 valence electrons. The molecule has 0 unspecified atom stereocenters. The van der Waals surface area contributed by atoms with Crippen molar-refractivity contribution in [3.63, 3.8) is 0 Å². The highest BCUT2D eigenvalue weighted by Crippen LogP contribution is 2.19. The van der Waals surface area contributed by atoms with Crippen LogP contribution in [0.5, 0.6) is 0 Å². The van der Waals surface area contributed by atoms with Gasteiger partial charge in [0.1, 0.15) is 0 Å². The molecule has 1 saturated heterocycles. The van der Waals surface area contributed by atoms with E-state index in [4.69, 9.17) is 0 Å². The SMILES string of the molecule is CCC(=O)Nc1ccc(C(=O)CSc2ccc(C(=O)N3CCCC3)cn2)cc1. The van der Waals surface area contributed by atoms with Crippen molar-refractivity contribution >= 4 is 35.0 Å². The number of benzene rings is 1. The standard InChI is InChI=1S/C21H23N3O3S/c1-2-19(26)23-17-8-5-15(6-9-17)18(25)14-28-20-10-7-16(13-22-20)21(27)24-11-3-4-12-24/h5-10,13H,2-4,11-12,14H2,1H3,(H,23,26). The minimum Gasteiger partial charge on any atom is -0.339 e. The van der Waals surface area contributed by atoms with E-state index in [0.717, 1.165) is 25.9 Å². The van der Waals surface area contributed by atoms with Gasteiger partial charge in [0.2, 0.25) is 5.91 Å². The van der Waals surface area contributed by atoms with Gasteiger partial charge in [-0.3, -0.25) is 14.4 Å². The third-order valence-corrected chi connectivity index (χ3v) is 5.48. The lowest BCUT2D eigenvalue weighted by Crippen LogP contribution is -2.27. The van der Waals surface area contributed by atoms with Gasteiger partial charge < -0.3 is 10.2 Å². The molecule has 0 saturated carbocycles. The fourth-order valence-corrected chi connectivity index (χ4v) is 3.64. The van der Waals surface area contributed by atoms with E-state index >= 15 is 0 Å². The Balaban J connectivity index is 1.52. The number of carbonyl (C=O) groups excluding carboxylic acids is 3. The van der Waals surface area contributed by atoms with Crippen LogP contribution < -0.4 is 5.32 Å². The minimum absolute atomic E-state index is 0.0163. The zero-order chi connectivity index (χ0) is 19.9. The number of hydrogen-bond acceptors (Lipinski definition) is 5. The van der Waals surface area contributed by atoms with E-state index < -0.39 is 0 Å². The fraction of sp³-hybridized carbons (Fsp3) is 0.333. The van der Waals surface area contributed by atoms with Gasteiger partial charge in [-0.15, -0.1) is 0 Å². The molecule has 2 heterocycles. The molecule has 1 aromatic carbocycles. The molecule has 1 aromatic heterocycles. The van der Waals surface area contributed by atoms with E-state index in [2.05, 4.69) is 10.3 Å². The van der Waals surface area contributed by atoms with Gasteiger partial charge in [-0.1, -0.05) is 18.7 Å². The Hall–Kier alpha value is -2.67. The van der Waals surface area contributed by atoms with Crippen LogP contribution in [0.2, 0.25) is 0 Å². The molecule has 1 aliphatic rings. The zero-order valence-corrected chi connectivity index (χ0v) is 16.6. The Labute approximate surface area is 168 Å². The van der Waals surface area contributed by atoms with E-state index in [9.17, 15) is 14.4 Å². The third kappa shape index (κ3) is 5.19. The molecule has 0 spiro atoms. The molecule has 2 aromatic rings. The number of rotatable bonds is 7. The normalized spacial score (nSPS) is 13.4. The molecule has 28 heavy (non-hydrogen) atoms. The highest BCUT2D eigenvalue weighted by Gasteiger charge is 2.19. The van der Waals surface area contributed by atoms with Crippen LogP contribution in [0.15, 0.2) is 47.6 Å². The van der Waals surface area contributed by atoms with Crippen molar-refractivity contribution in [1.29, 1.82) is 0 Å². The average molecular weight is 398 g/mol. The zero-order valence-electron chi connectivity index (χ0n) is 15.8. The smallest absolute Gasteiger partial charge is 0.255 e. The monoisotopic (exact) mass is 397 g/mol. The number of anilines is 1. The summed E-state index contributed by atoms with van der Waals surface area (Å²) in [6, 6.07) is 10.4. The summed E-state index contributed by atoms with van der Waals surface area (Å²) in [5.41, 5.74) is 1.85. The summed E-state index contributed by atoms with van der Waals surface area (Å²) in [4.78, 5) is 42.2. The molecular weight excluding hydrogens is 374 g/mol. The number of carbonyl (C=O) groups is 3. The van der Waals surface area contributed by atoms with Crippen molar-refractivity contribution in [3.05, 3.63) is 53.7 Å². The number of thioether (sulfide) groups is 1. The number of nitrogens with zero attached hydrogens (tertiary/aromatic N) is 2. The van der Waals surface area contributed by atoms with Gasteiger partial charge in [0.05, 0.1) is 16.3 Å². The molecule has 2 amide bonds. The first-order chi connectivity index (χ1) is 13.6. The molecule has 1 N–H and O–H groups in total. The van der Waals surface area contributed by atoms with Crippen LogP contribution >= 0.6 is 11.8 Å². The summed E-state index contributed by atoms with van der Waals surface area (Å²) in [6.07, 6.45) is 4.10. The summed E-state index contributed by atoms with van der Waals surface area (Å²) in [7, 11) is 0. The summed E-state index contributed by atoms with van der Waals surface area (Å²) >= 11 is 1.34. The van der Waals surface area contributed by atoms with Gasteiger partial charge in [0.25, 0.3) is 5.91 Å². The Kier molecular flexibility index (Phi) is 6.81. The second kappa shape index (κ2) is 9.50. The lowest BCUT2D eigenvalue weighted by molar-refractivity contribution is -0.115. The largest absolute Gasteiger partial charge is 0.339 e. The summed E-state index contributed by atoms with van der Waals surface area (Å²) in [6.45, 7) is 3.41. The van der Waals surface area contributed by atoms with E-state index in [0.29, 0.717) is 28.3 Å². The van der Waals surface area contributed by atoms with Crippen LogP contribution in [0.1, 0.15) is 46.9 Å². The number of ketones is 1. The second-order valence-electron chi connectivity index (χ2n) is 6.58. The number of likely N-dealkylation sites (tertiary alicyclic amines) is 1. The first kappa shape index (κ1) is 20.1. The topological polar surface area (TPSA) is 79.4 Å². The molecule has 7 heteroatoms. The number of Topliss-reactive ketones (excluding diaryl/α,β-unsaturated/α-hetero) is 1. The van der Waals surface area contributed by atoms with Gasteiger partial charge in [0, 0.05) is 37.0 Å². The molecule has 6 nitrogen and oxygen atoms in total. The Bertz CT molecular complexity index is 844. The fourth-order valence-electron chi connectivity index (χ4n) is 2.91. The summed E-state index contributed by atoms with van der Waals surface area (Å²) in [5.74, 6) is 0.199. The Morgan fingerprint density at radius 2 is 1.71 bits per heavy atom. The molecule has 0 aliphatic carbocycles. The highest BCUT2D eigenvalue weighted by molar-refractivity contribution is 7.99. The van der Waals surface area contributed by atoms with Crippen LogP contribution in [0, 0.1) is 0 Å². The van der Waals surface area contributed by atoms with Crippen molar-refractivity contribution in [2.75, 3.05) is 24.2 Å². The van der Waals surface area contributed by atoms with Crippen LogP contribution in [0.3, 0.4) is 0 Å². The van der Waals surface area contributed by atoms with Crippen molar-refractivity contribution in [2.24, 2.45) is 0 Å². The van der Waals surface area contributed by atoms with Crippen molar-refractivity contribution < 1.29 is 14.4 Å². The van der Waals surface area contributed by atoms with Gasteiger partial charge in [-0.05, 0) is 49.2 Å². The molecular formula is C21H23N3O3S. The molecule has 1 fully saturated rings. The van der Waals surface area contributed by atoms with Gasteiger partial charge in [0.15, 0.2) is 5.78 Å². The quantitative estimate of drug-likeness (QED) is 0.570. The third-order valence-electron chi connectivity index (χ3n) is 4.54. The van der Waals surface area contributed by atoms with Gasteiger partial charge in [-0.2, -0.15) is 0 Å². The maximum Gasteiger partial charge on any atom is 0.255 e. The first-order valence-electron chi connectivity index (χ1n) is 9.38. The van der Waals surface area contributed by atoms with Crippen LogP contribution in [0.25, 0.3) is 0 Å². The maximum atomic E-state index is 12.4. The van der Waals surface area contributed by atoms with E-state index in [1.165, 1.54) is 11.8 Å². The van der Waals surface area contributed by atoms with E-state index in [-0.39, 0.29) is 23.4 Å². The minimum atomic E-state index is -0.0626. The predicted molar refractivity (Wildman–Crippen MR) is 110 cm³/mol. The molecule has 0 bridgehead atoms. The molecule has 1 aliphatic heterocycles. The second-order valence-corrected chi connectivity index (χ2v) is 7.57. The first-order valence-corrected chi connectivity index (χ1v) is 10.4. The number of nitrogens with one attached hydrogen (secondary N) is 1. The Morgan fingerprint density at radius 3 is 2.32 bits per heavy atom. The van der Waals surface area contributed by atoms with Gasteiger partial charge >= 0.3 is 0 Å². The van der Waals surface area contributed by atoms with Crippen molar-refractivity contribution in [3.8, 4) is 0 Å². The number of amides is 2. The molecule has 3 rings (SSSR count). The van der Waals surface area contributed by atoms with E-state index in [1.807, 2.05) is 4.90 Å². The van der Waals surface area contributed by atoms with Crippen molar-refractivity contribution in [1.82, 2.24) is 9.88 Å². The van der Waals surface area contributed by atoms with E-state index in [1.54, 1.807) is 49.5 Å². The van der Waals surface area contributed by atoms with Crippen LogP contribution in [-0.4, -0.2) is 46.3 Å². The lowest BCUT2D eigenvalue weighted by atomic mass is 10.1. The van der Waals surface area contributed by atoms with Crippen LogP contribution in [0.4, 0.5) is 5.69 Å². The number of aromatic nitrogens is 1. The highest BCUT2D eigenvalue weighted by atomic mass is 32.2. The number of pyridine rings is 1. The predicted octanol–water partition coefficient (Wildman–Crippen LogP) is 3.64. The maximum absolute atomic E-state index is 12.4.